The Balaban J connectivity index is 0.000000190. The molecule has 0 spiro atoms. The number of aryl methyl sites for hydroxylation is 3. The number of hydrogen-bond acceptors (Lipinski definition) is 2. The van der Waals surface area contributed by atoms with Crippen LogP contribution in [0, 0.1) is 20.8 Å². The van der Waals surface area contributed by atoms with Crippen molar-refractivity contribution in [2.24, 2.45) is 5.73 Å². The number of amides is 1. The zero-order valence-electron chi connectivity index (χ0n) is 15.3. The monoisotopic (exact) mass is 364 g/mol. The van der Waals surface area contributed by atoms with Gasteiger partial charge in [0.2, 0.25) is 5.91 Å². The van der Waals surface area contributed by atoms with E-state index in [1.54, 1.807) is 0 Å². The molecule has 3 aromatic carbocycles. The third-order valence-electron chi connectivity index (χ3n) is 3.90. The third kappa shape index (κ3) is 5.11. The number of hydrogen-bond donors (Lipinski definition) is 1. The summed E-state index contributed by atoms with van der Waals surface area (Å²) in [6, 6.07) is 23.0. The number of carbonyl (C=O) groups is 1. The van der Waals surface area contributed by atoms with Crippen LogP contribution in [0.5, 0.6) is 0 Å². The molecule has 0 aliphatic heterocycles. The van der Waals surface area contributed by atoms with Gasteiger partial charge in [-0.3, -0.25) is 4.79 Å². The molecule has 3 nitrogen and oxygen atoms in total. The van der Waals surface area contributed by atoms with E-state index in [-0.39, 0.29) is 5.91 Å². The molecule has 0 aliphatic carbocycles. The highest BCUT2D eigenvalue weighted by Gasteiger charge is 2.21. The Bertz CT molecular complexity index is 841. The van der Waals surface area contributed by atoms with E-state index >= 15 is 0 Å². The average molecular weight is 364 g/mol. The van der Waals surface area contributed by atoms with Crippen LogP contribution in [0.2, 0.25) is 0 Å². The van der Waals surface area contributed by atoms with Gasteiger partial charge in [0, 0.05) is 5.56 Å². The molecule has 0 bridgehead atoms. The summed E-state index contributed by atoms with van der Waals surface area (Å²) in [4.78, 5) is 11.0. The minimum absolute atomic E-state index is 0.343. The van der Waals surface area contributed by atoms with Gasteiger partial charge in [0.05, 0.1) is 0 Å². The topological polar surface area (TPSA) is 60.2 Å². The Hall–Kier alpha value is -2.77. The molecule has 0 aromatic heterocycles. The Morgan fingerprint density at radius 3 is 1.50 bits per heavy atom. The quantitative estimate of drug-likeness (QED) is 0.709. The van der Waals surface area contributed by atoms with Gasteiger partial charge in [-0.2, -0.15) is 0 Å². The van der Waals surface area contributed by atoms with Gasteiger partial charge in [0.15, 0.2) is 10.6 Å². The molecule has 3 rings (SSSR count). The van der Waals surface area contributed by atoms with Gasteiger partial charge < -0.3 is 5.73 Å². The summed E-state index contributed by atoms with van der Waals surface area (Å²) in [7, 11) is -1.42. The van der Waals surface area contributed by atoms with Crippen LogP contribution in [-0.2, 0) is 4.57 Å². The summed E-state index contributed by atoms with van der Waals surface area (Å²) in [5.74, 6) is -0.343. The molecule has 3 aromatic rings. The maximum absolute atomic E-state index is 12.0. The fraction of sp³-hybridized carbons (Fsp3) is 0.136. The molecule has 0 unspecified atom stereocenters. The predicted octanol–water partition coefficient (Wildman–Crippen LogP) is 4.18. The molecule has 1 amide bonds. The molecule has 0 atom stereocenters. The smallest absolute Gasteiger partial charge is 0.366 e. The number of carbonyl (C=O) groups excluding carboxylic acids is 1. The average Bonchev–Trinajstić information content (AvgIpc) is 2.62. The van der Waals surface area contributed by atoms with Crippen LogP contribution in [-0.4, -0.2) is 5.91 Å². The molecule has 0 fully saturated rings. The normalized spacial score (nSPS) is 9.81. The minimum Gasteiger partial charge on any atom is -0.366 e. The maximum Gasteiger partial charge on any atom is 0.415 e. The molecule has 0 aliphatic rings. The zero-order valence-corrected chi connectivity index (χ0v) is 16.2. The first-order valence-electron chi connectivity index (χ1n) is 8.35. The summed E-state index contributed by atoms with van der Waals surface area (Å²) in [6.07, 6.45) is 0. The number of benzene rings is 3. The van der Waals surface area contributed by atoms with E-state index in [0.29, 0.717) is 5.56 Å². The van der Waals surface area contributed by atoms with Crippen molar-refractivity contribution in [1.29, 1.82) is 0 Å². The first-order chi connectivity index (χ1) is 12.4. The number of rotatable bonds is 3. The lowest BCUT2D eigenvalue weighted by Gasteiger charge is -2.06. The van der Waals surface area contributed by atoms with Gasteiger partial charge in [0.1, 0.15) is 0 Å². The van der Waals surface area contributed by atoms with Gasteiger partial charge in [-0.05, 0) is 56.2 Å². The Morgan fingerprint density at radius 1 is 0.769 bits per heavy atom. The van der Waals surface area contributed by atoms with E-state index in [1.165, 1.54) is 0 Å². The Kier molecular flexibility index (Phi) is 6.82. The van der Waals surface area contributed by atoms with Crippen LogP contribution in [0.25, 0.3) is 0 Å². The summed E-state index contributed by atoms with van der Waals surface area (Å²) < 4.78 is 12.0. The van der Waals surface area contributed by atoms with Crippen LogP contribution in [0.4, 0.5) is 0 Å². The van der Waals surface area contributed by atoms with E-state index in [9.17, 15) is 9.36 Å². The van der Waals surface area contributed by atoms with E-state index in [4.69, 9.17) is 5.73 Å². The van der Waals surface area contributed by atoms with Crippen LogP contribution in [0.15, 0.2) is 72.8 Å². The molecular formula is C22H23NO2P+. The van der Waals surface area contributed by atoms with Crippen LogP contribution >= 0.6 is 7.80 Å². The van der Waals surface area contributed by atoms with E-state index in [2.05, 4.69) is 0 Å². The molecule has 0 saturated carbocycles. The molecule has 132 valence electrons. The molecule has 0 heterocycles. The van der Waals surface area contributed by atoms with Crippen molar-refractivity contribution in [1.82, 2.24) is 0 Å². The van der Waals surface area contributed by atoms with Gasteiger partial charge in [-0.1, -0.05) is 58.7 Å². The molecular weight excluding hydrogens is 341 g/mol. The zero-order chi connectivity index (χ0) is 19.1. The van der Waals surface area contributed by atoms with E-state index in [0.717, 1.165) is 27.3 Å². The van der Waals surface area contributed by atoms with Crippen molar-refractivity contribution in [3.05, 3.63) is 95.1 Å². The minimum atomic E-state index is -1.42. The van der Waals surface area contributed by atoms with Gasteiger partial charge in [0.25, 0.3) is 0 Å². The van der Waals surface area contributed by atoms with Crippen LogP contribution < -0.4 is 16.3 Å². The Labute approximate surface area is 155 Å². The SMILES string of the molecule is Cc1cc(C)c(C(N)=O)c(C)c1.O=[P+](c1ccccc1)c1ccccc1. The van der Waals surface area contributed by atoms with Crippen molar-refractivity contribution >= 4 is 24.3 Å². The highest BCUT2D eigenvalue weighted by Crippen LogP contribution is 2.18. The van der Waals surface area contributed by atoms with Crippen molar-refractivity contribution in [2.45, 2.75) is 20.8 Å². The number of primary amides is 1. The van der Waals surface area contributed by atoms with Gasteiger partial charge in [-0.15, -0.1) is 0 Å². The standard InChI is InChI=1S/C12H10OP.C10H13NO/c13-14(11-7-3-1-4-8-11)12-9-5-2-6-10-12;1-6-4-7(2)9(10(11)12)8(3)5-6/h1-10H;4-5H,1-3H3,(H2,11,12)/q+1;. The summed E-state index contributed by atoms with van der Waals surface area (Å²) in [5.41, 5.74) is 8.96. The second kappa shape index (κ2) is 9.07. The highest BCUT2D eigenvalue weighted by molar-refractivity contribution is 7.61. The fourth-order valence-electron chi connectivity index (χ4n) is 2.84. The van der Waals surface area contributed by atoms with E-state index < -0.39 is 7.80 Å². The summed E-state index contributed by atoms with van der Waals surface area (Å²) >= 11 is 0. The summed E-state index contributed by atoms with van der Waals surface area (Å²) in [5, 5.41) is 1.77. The van der Waals surface area contributed by atoms with Crippen molar-refractivity contribution in [3.8, 4) is 0 Å². The van der Waals surface area contributed by atoms with Gasteiger partial charge in [-0.25, -0.2) is 0 Å². The highest BCUT2D eigenvalue weighted by atomic mass is 31.1. The van der Waals surface area contributed by atoms with E-state index in [1.807, 2.05) is 93.6 Å². The number of nitrogens with two attached hydrogens (primary N) is 1. The lowest BCUT2D eigenvalue weighted by atomic mass is 10.00. The van der Waals surface area contributed by atoms with Crippen molar-refractivity contribution in [2.75, 3.05) is 0 Å². The van der Waals surface area contributed by atoms with Crippen LogP contribution in [0.1, 0.15) is 27.0 Å². The lowest BCUT2D eigenvalue weighted by molar-refractivity contribution is 0.0999. The van der Waals surface area contributed by atoms with Gasteiger partial charge >= 0.3 is 7.80 Å². The Morgan fingerprint density at radius 2 is 1.15 bits per heavy atom. The molecule has 2 N–H and O–H groups in total. The third-order valence-corrected chi connectivity index (χ3v) is 5.44. The fourth-order valence-corrected chi connectivity index (χ4v) is 4.03. The molecule has 4 heteroatoms. The maximum atomic E-state index is 12.0. The van der Waals surface area contributed by atoms with Crippen molar-refractivity contribution in [3.63, 3.8) is 0 Å². The summed E-state index contributed by atoms with van der Waals surface area (Å²) in [6.45, 7) is 5.81. The molecule has 0 saturated heterocycles. The largest absolute Gasteiger partial charge is 0.415 e. The lowest BCUT2D eigenvalue weighted by Crippen LogP contribution is -2.14. The molecule has 0 radical (unpaired) electrons. The van der Waals surface area contributed by atoms with Crippen molar-refractivity contribution < 1.29 is 9.36 Å². The first kappa shape index (κ1) is 19.6. The second-order valence-corrected chi connectivity index (χ2v) is 7.72. The predicted molar refractivity (Wildman–Crippen MR) is 109 cm³/mol. The first-order valence-corrected chi connectivity index (χ1v) is 9.61. The van der Waals surface area contributed by atoms with Crippen LogP contribution in [0.3, 0.4) is 0 Å². The molecule has 26 heavy (non-hydrogen) atoms. The second-order valence-electron chi connectivity index (χ2n) is 6.10.